The Hall–Kier alpha value is -1.19. The normalized spacial score (nSPS) is 15.9. The lowest BCUT2D eigenvalue weighted by molar-refractivity contribution is 0.279. The third kappa shape index (κ3) is 1.76. The summed E-state index contributed by atoms with van der Waals surface area (Å²) in [5.74, 6) is -3.82. The highest BCUT2D eigenvalue weighted by molar-refractivity contribution is 5.25. The highest BCUT2D eigenvalue weighted by Gasteiger charge is 2.26. The van der Waals surface area contributed by atoms with Gasteiger partial charge in [0.25, 0.3) is 0 Å². The highest BCUT2D eigenvalue weighted by atomic mass is 19.2. The zero-order chi connectivity index (χ0) is 9.42. The summed E-state index contributed by atoms with van der Waals surface area (Å²) in [6, 6.07) is 2.42. The molecule has 0 spiro atoms. The van der Waals surface area contributed by atoms with Crippen molar-refractivity contribution in [1.82, 2.24) is 0 Å². The monoisotopic (exact) mass is 187 g/mol. The van der Waals surface area contributed by atoms with Crippen molar-refractivity contribution in [2.45, 2.75) is 18.9 Å². The van der Waals surface area contributed by atoms with Crippen LogP contribution < -0.4 is 4.74 Å². The molecule has 0 atom stereocenters. The summed E-state index contributed by atoms with van der Waals surface area (Å²) in [5, 5.41) is 0. The van der Waals surface area contributed by atoms with Crippen molar-refractivity contribution < 1.29 is 17.9 Å². The predicted octanol–water partition coefficient (Wildman–Crippen LogP) is 2.45. The van der Waals surface area contributed by atoms with Crippen molar-refractivity contribution in [2.24, 2.45) is 0 Å². The molecule has 1 aromatic carbocycles. The molecule has 0 aliphatic heterocycles. The molecule has 13 heavy (non-hydrogen) atoms. The number of benzene rings is 1. The van der Waals surface area contributed by atoms with Crippen LogP contribution in [0, 0.1) is 23.5 Å². The van der Waals surface area contributed by atoms with Crippen LogP contribution in [0.25, 0.3) is 0 Å². The molecule has 1 saturated carbocycles. The maximum atomic E-state index is 12.9. The molecule has 1 aliphatic rings. The molecule has 2 rings (SSSR count). The quantitative estimate of drug-likeness (QED) is 0.646. The van der Waals surface area contributed by atoms with Crippen LogP contribution in [-0.2, 0) is 0 Å². The fourth-order valence-corrected chi connectivity index (χ4v) is 0.916. The lowest BCUT2D eigenvalue weighted by Gasteiger charge is -2.05. The molecule has 0 bridgehead atoms. The largest absolute Gasteiger partial charge is 0.486 e. The summed E-state index contributed by atoms with van der Waals surface area (Å²) in [6.45, 7) is 0. The van der Waals surface area contributed by atoms with Crippen LogP contribution in [0.2, 0.25) is 0 Å². The van der Waals surface area contributed by atoms with Gasteiger partial charge >= 0.3 is 0 Å². The molecular formula is C9H6F3O. The molecule has 69 valence electrons. The highest BCUT2D eigenvalue weighted by Crippen LogP contribution is 2.29. The summed E-state index contributed by atoms with van der Waals surface area (Å²) in [4.78, 5) is 0. The molecule has 0 unspecified atom stereocenters. The summed E-state index contributed by atoms with van der Waals surface area (Å²) in [5.41, 5.74) is 0. The summed E-state index contributed by atoms with van der Waals surface area (Å²) in [7, 11) is 0. The zero-order valence-corrected chi connectivity index (χ0v) is 6.61. The molecule has 1 radical (unpaired) electrons. The minimum Gasteiger partial charge on any atom is -0.486 e. The van der Waals surface area contributed by atoms with Crippen molar-refractivity contribution in [2.75, 3.05) is 0 Å². The fraction of sp³-hybridized carbons (Fsp3) is 0.333. The molecule has 0 aromatic heterocycles. The van der Waals surface area contributed by atoms with E-state index >= 15 is 0 Å². The van der Waals surface area contributed by atoms with E-state index in [9.17, 15) is 13.2 Å². The van der Waals surface area contributed by atoms with E-state index in [-0.39, 0.29) is 6.10 Å². The number of hydrogen-bond donors (Lipinski definition) is 0. The van der Waals surface area contributed by atoms with Gasteiger partial charge in [0, 0.05) is 6.07 Å². The van der Waals surface area contributed by atoms with E-state index in [1.807, 2.05) is 6.07 Å². The van der Waals surface area contributed by atoms with Gasteiger partial charge in [-0.3, -0.25) is 0 Å². The van der Waals surface area contributed by atoms with Gasteiger partial charge < -0.3 is 4.74 Å². The Bertz CT molecular complexity index is 334. The van der Waals surface area contributed by atoms with E-state index in [4.69, 9.17) is 4.74 Å². The second-order valence-electron chi connectivity index (χ2n) is 2.93. The molecule has 0 saturated heterocycles. The average Bonchev–Trinajstić information content (AvgIpc) is 2.83. The third-order valence-electron chi connectivity index (χ3n) is 1.70. The van der Waals surface area contributed by atoms with Crippen LogP contribution in [0.15, 0.2) is 6.07 Å². The van der Waals surface area contributed by atoms with Gasteiger partial charge in [0.15, 0.2) is 11.6 Å². The van der Waals surface area contributed by atoms with E-state index in [2.05, 4.69) is 0 Å². The molecule has 0 N–H and O–H groups in total. The Kier molecular flexibility index (Phi) is 1.90. The van der Waals surface area contributed by atoms with E-state index < -0.39 is 23.2 Å². The van der Waals surface area contributed by atoms with Gasteiger partial charge in [-0.1, -0.05) is 0 Å². The van der Waals surface area contributed by atoms with E-state index in [0.29, 0.717) is 6.07 Å². The van der Waals surface area contributed by atoms with Crippen molar-refractivity contribution in [3.05, 3.63) is 29.6 Å². The first kappa shape index (κ1) is 8.41. The van der Waals surface area contributed by atoms with Gasteiger partial charge in [-0.05, 0) is 12.8 Å². The Morgan fingerprint density at radius 3 is 2.62 bits per heavy atom. The Labute approximate surface area is 73.1 Å². The second kappa shape index (κ2) is 2.94. The maximum absolute atomic E-state index is 12.9. The van der Waals surface area contributed by atoms with Crippen molar-refractivity contribution in [3.8, 4) is 5.75 Å². The van der Waals surface area contributed by atoms with E-state index in [1.54, 1.807) is 0 Å². The summed E-state index contributed by atoms with van der Waals surface area (Å²) in [6.07, 6.45) is 1.49. The lowest BCUT2D eigenvalue weighted by Crippen LogP contribution is -2.01. The van der Waals surface area contributed by atoms with Gasteiger partial charge in [0.2, 0.25) is 5.82 Å². The van der Waals surface area contributed by atoms with Gasteiger partial charge in [0.1, 0.15) is 5.82 Å². The molecule has 1 fully saturated rings. The van der Waals surface area contributed by atoms with E-state index in [0.717, 1.165) is 12.8 Å². The molecule has 0 amide bonds. The minimum absolute atomic E-state index is 0.105. The Morgan fingerprint density at radius 1 is 1.31 bits per heavy atom. The fourth-order valence-electron chi connectivity index (χ4n) is 0.916. The van der Waals surface area contributed by atoms with Crippen LogP contribution in [0.4, 0.5) is 13.2 Å². The van der Waals surface area contributed by atoms with Crippen LogP contribution in [0.3, 0.4) is 0 Å². The lowest BCUT2D eigenvalue weighted by atomic mass is 10.3. The van der Waals surface area contributed by atoms with Crippen LogP contribution in [-0.4, -0.2) is 6.10 Å². The maximum Gasteiger partial charge on any atom is 0.201 e. The standard InChI is InChI=1S/C9H6F3O/c10-5-3-7(11)9(12)8(4-5)13-6-1-2-6/h3,6H,1-2H2. The van der Waals surface area contributed by atoms with Gasteiger partial charge in [-0.2, -0.15) is 4.39 Å². The van der Waals surface area contributed by atoms with Crippen LogP contribution >= 0.6 is 0 Å². The molecule has 4 heteroatoms. The predicted molar refractivity (Wildman–Crippen MR) is 38.8 cm³/mol. The smallest absolute Gasteiger partial charge is 0.201 e. The molecule has 0 heterocycles. The Balaban J connectivity index is 2.30. The first-order chi connectivity index (χ1) is 6.16. The van der Waals surface area contributed by atoms with Crippen LogP contribution in [0.1, 0.15) is 12.8 Å². The molecule has 1 aromatic rings. The zero-order valence-electron chi connectivity index (χ0n) is 6.61. The number of hydrogen-bond acceptors (Lipinski definition) is 1. The first-order valence-electron chi connectivity index (χ1n) is 3.90. The van der Waals surface area contributed by atoms with Crippen molar-refractivity contribution in [1.29, 1.82) is 0 Å². The van der Waals surface area contributed by atoms with Crippen LogP contribution in [0.5, 0.6) is 5.75 Å². The molecular weight excluding hydrogens is 181 g/mol. The molecule has 1 aliphatic carbocycles. The molecule has 1 nitrogen and oxygen atoms in total. The number of ether oxygens (including phenoxy) is 1. The summed E-state index contributed by atoms with van der Waals surface area (Å²) < 4.78 is 42.9. The number of halogens is 3. The second-order valence-corrected chi connectivity index (χ2v) is 2.93. The van der Waals surface area contributed by atoms with Gasteiger partial charge in [0.05, 0.1) is 12.2 Å². The van der Waals surface area contributed by atoms with Crippen molar-refractivity contribution in [3.63, 3.8) is 0 Å². The number of rotatable bonds is 2. The topological polar surface area (TPSA) is 9.23 Å². The average molecular weight is 187 g/mol. The Morgan fingerprint density at radius 2 is 2.00 bits per heavy atom. The van der Waals surface area contributed by atoms with Gasteiger partial charge in [-0.15, -0.1) is 0 Å². The third-order valence-corrected chi connectivity index (χ3v) is 1.70. The van der Waals surface area contributed by atoms with E-state index in [1.165, 1.54) is 0 Å². The minimum atomic E-state index is -1.24. The summed E-state index contributed by atoms with van der Waals surface area (Å²) >= 11 is 0. The van der Waals surface area contributed by atoms with Gasteiger partial charge in [-0.25, -0.2) is 8.78 Å². The van der Waals surface area contributed by atoms with Crippen molar-refractivity contribution >= 4 is 0 Å². The first-order valence-corrected chi connectivity index (χ1v) is 3.90. The SMILES string of the molecule is Fc1[c]c(OC2CC2)c(F)c(F)c1.